The number of halogens is 1. The number of rotatable bonds is 6. The van der Waals surface area contributed by atoms with Gasteiger partial charge in [-0.25, -0.2) is 0 Å². The van der Waals surface area contributed by atoms with Gasteiger partial charge in [0.1, 0.15) is 6.79 Å². The van der Waals surface area contributed by atoms with E-state index < -0.39 is 0 Å². The van der Waals surface area contributed by atoms with Crippen LogP contribution in [0.25, 0.3) is 0 Å². The fraction of sp³-hybridized carbons (Fsp3) is 0.837. The Morgan fingerprint density at radius 2 is 0.667 bits per heavy atom. The van der Waals surface area contributed by atoms with Gasteiger partial charge in [0.15, 0.2) is 0 Å². The molecule has 5 heteroatoms. The summed E-state index contributed by atoms with van der Waals surface area (Å²) in [6, 6.07) is 10.1. The second-order valence-electron chi connectivity index (χ2n) is 15.9. The molecular weight excluding hydrogens is 731 g/mol. The minimum Gasteiger partial charge on any atom is -0.307 e. The largest absolute Gasteiger partial charge is 1.00 e. The van der Waals surface area contributed by atoms with E-state index in [1.165, 1.54) is 72.5 Å². The Labute approximate surface area is 318 Å². The molecule has 0 aliphatic heterocycles. The van der Waals surface area contributed by atoms with Crippen LogP contribution in [0.4, 0.5) is 0 Å². The Kier molecular flexibility index (Phi) is 23.7. The van der Waals surface area contributed by atoms with Crippen molar-refractivity contribution in [1.82, 2.24) is 0 Å². The van der Waals surface area contributed by atoms with Crippen LogP contribution in [0.2, 0.25) is 5.02 Å². The predicted molar refractivity (Wildman–Crippen MR) is 212 cm³/mol. The first kappa shape index (κ1) is 43.1. The maximum atomic E-state index is 8.00. The summed E-state index contributed by atoms with van der Waals surface area (Å²) in [7, 11) is 0.770. The fourth-order valence-corrected chi connectivity index (χ4v) is 19.9. The van der Waals surface area contributed by atoms with Crippen LogP contribution < -0.4 is 0 Å². The number of carbonyl (C=O) groups excluding carboxylic acids is 1. The number of benzene rings is 1. The normalized spacial score (nSPS) is 24.2. The molecule has 275 valence electrons. The molecule has 0 amide bonds. The third kappa shape index (κ3) is 15.0. The molecule has 6 fully saturated rings. The predicted octanol–water partition coefficient (Wildman–Crippen LogP) is 14.9. The van der Waals surface area contributed by atoms with Crippen LogP contribution in [0.3, 0.4) is 0 Å². The molecule has 0 N–H and O–H groups in total. The Morgan fingerprint density at radius 3 is 0.812 bits per heavy atom. The van der Waals surface area contributed by atoms with Crippen LogP contribution >= 0.6 is 27.4 Å². The minimum absolute atomic E-state index is 0. The summed E-state index contributed by atoms with van der Waals surface area (Å²) in [5.41, 5.74) is 7.14. The van der Waals surface area contributed by atoms with E-state index in [9.17, 15) is 0 Å². The Balaban J connectivity index is 0.000000205. The molecule has 1 nitrogen and oxygen atoms in total. The van der Waals surface area contributed by atoms with Gasteiger partial charge in [-0.2, -0.15) is 30.3 Å². The van der Waals surface area contributed by atoms with Gasteiger partial charge in [0.25, 0.3) is 0 Å². The van der Waals surface area contributed by atoms with Crippen LogP contribution in [-0.2, 0) is 24.3 Å². The van der Waals surface area contributed by atoms with E-state index >= 15 is 0 Å². The summed E-state index contributed by atoms with van der Waals surface area (Å²) in [6.07, 6.45) is 47.2. The quantitative estimate of drug-likeness (QED) is 0.159. The van der Waals surface area contributed by atoms with Crippen molar-refractivity contribution in [2.45, 2.75) is 227 Å². The molecule has 0 heterocycles. The van der Waals surface area contributed by atoms with Gasteiger partial charge >= 0.3 is 19.5 Å². The van der Waals surface area contributed by atoms with Gasteiger partial charge in [0.2, 0.25) is 0 Å². The Bertz CT molecular complexity index is 744. The van der Waals surface area contributed by atoms with Gasteiger partial charge in [0, 0.05) is 0 Å². The molecular formula is C43H72ClOP2Ru. The van der Waals surface area contributed by atoms with Crippen molar-refractivity contribution in [3.05, 3.63) is 35.4 Å². The first-order chi connectivity index (χ1) is 23.3. The van der Waals surface area contributed by atoms with Crippen LogP contribution in [0.1, 0.15) is 193 Å². The molecule has 0 atom stereocenters. The molecule has 1 aromatic rings. The fourth-order valence-electron chi connectivity index (χ4n) is 10.4. The van der Waals surface area contributed by atoms with E-state index in [4.69, 9.17) is 16.4 Å². The summed E-state index contributed by atoms with van der Waals surface area (Å²) in [6.45, 7) is 2.00. The van der Waals surface area contributed by atoms with E-state index in [2.05, 4.69) is 6.07 Å². The second-order valence-corrected chi connectivity index (χ2v) is 22.4. The molecule has 1 radical (unpaired) electrons. The van der Waals surface area contributed by atoms with Crippen LogP contribution in [0, 0.1) is 6.07 Å². The average Bonchev–Trinajstić information content (AvgIpc) is 3.16. The van der Waals surface area contributed by atoms with Crippen molar-refractivity contribution in [2.24, 2.45) is 0 Å². The zero-order valence-corrected chi connectivity index (χ0v) is 35.0. The summed E-state index contributed by atoms with van der Waals surface area (Å²) >= 11 is 5.48. The Morgan fingerprint density at radius 1 is 0.438 bits per heavy atom. The summed E-state index contributed by atoms with van der Waals surface area (Å²) in [5.74, 6) is 0. The Hall–Kier alpha value is 0.663. The number of hydrogen-bond acceptors (Lipinski definition) is 1. The first-order valence-electron chi connectivity index (χ1n) is 20.8. The summed E-state index contributed by atoms with van der Waals surface area (Å²) < 4.78 is 0. The SMILES string of the molecule is C1CCC(P(C2CCCCC2)C2CCCCC2)CC1.C1CCC(P(C2CCCCC2)C2CCCCC2)CC1.C=O.Clc1[c-]cccc1.[Ru+]. The topological polar surface area (TPSA) is 17.1 Å². The zero-order chi connectivity index (χ0) is 32.9. The average molecular weight is 804 g/mol. The number of carbonyl (C=O) groups is 1. The zero-order valence-electron chi connectivity index (χ0n) is 30.7. The van der Waals surface area contributed by atoms with Gasteiger partial charge < -0.3 is 4.79 Å². The standard InChI is InChI=1S/2C18H33P.C6H4Cl.CH2O.Ru/c2*1-4-10-16(11-5-1)19(17-12-6-2-7-13-17)18-14-8-3-9-15-18;7-6-4-2-1-3-5-6;1-2;/h2*16-18H,1-15H2;1-4H;1H2;/q;;-1;;+1. The molecule has 6 aliphatic rings. The van der Waals surface area contributed by atoms with Gasteiger partial charge in [-0.05, 0) is 111 Å². The third-order valence-electron chi connectivity index (χ3n) is 12.6. The first-order valence-corrected chi connectivity index (χ1v) is 24.2. The monoisotopic (exact) mass is 803 g/mol. The van der Waals surface area contributed by atoms with Crippen molar-refractivity contribution < 1.29 is 24.3 Å². The van der Waals surface area contributed by atoms with Gasteiger partial charge in [0.05, 0.1) is 0 Å². The second kappa shape index (κ2) is 26.4. The van der Waals surface area contributed by atoms with E-state index in [0.717, 1.165) is 0 Å². The molecule has 0 bridgehead atoms. The molecule has 1 aromatic carbocycles. The van der Waals surface area contributed by atoms with Crippen molar-refractivity contribution in [3.63, 3.8) is 0 Å². The van der Waals surface area contributed by atoms with Gasteiger partial charge in [-0.15, -0.1) is 11.6 Å². The molecule has 0 unspecified atom stereocenters. The molecule has 0 saturated heterocycles. The third-order valence-corrected chi connectivity index (χ3v) is 21.0. The maximum Gasteiger partial charge on any atom is 1.00 e. The van der Waals surface area contributed by atoms with Gasteiger partial charge in [-0.1, -0.05) is 136 Å². The van der Waals surface area contributed by atoms with Crippen molar-refractivity contribution >= 4 is 34.2 Å². The van der Waals surface area contributed by atoms with Crippen LogP contribution in [-0.4, -0.2) is 40.7 Å². The van der Waals surface area contributed by atoms with Crippen LogP contribution in [0.5, 0.6) is 0 Å². The van der Waals surface area contributed by atoms with Gasteiger partial charge in [-0.3, -0.25) is 0 Å². The van der Waals surface area contributed by atoms with Crippen LogP contribution in [0.15, 0.2) is 24.3 Å². The smallest absolute Gasteiger partial charge is 0.307 e. The minimum atomic E-state index is 0. The molecule has 0 aromatic heterocycles. The molecule has 7 rings (SSSR count). The summed E-state index contributed by atoms with van der Waals surface area (Å²) in [4.78, 5) is 8.00. The maximum absolute atomic E-state index is 8.00. The molecule has 6 aliphatic carbocycles. The van der Waals surface area contributed by atoms with Crippen molar-refractivity contribution in [2.75, 3.05) is 0 Å². The number of hydrogen-bond donors (Lipinski definition) is 0. The van der Waals surface area contributed by atoms with E-state index in [1.807, 2.05) is 18.9 Å². The molecule has 6 saturated carbocycles. The summed E-state index contributed by atoms with van der Waals surface area (Å²) in [5, 5.41) is 0.669. The molecule has 0 spiro atoms. The molecule has 48 heavy (non-hydrogen) atoms. The van der Waals surface area contributed by atoms with E-state index in [-0.39, 0.29) is 19.5 Å². The van der Waals surface area contributed by atoms with Crippen molar-refractivity contribution in [1.29, 1.82) is 0 Å². The van der Waals surface area contributed by atoms with Crippen molar-refractivity contribution in [3.8, 4) is 0 Å². The van der Waals surface area contributed by atoms with E-state index in [1.54, 1.807) is 166 Å². The van der Waals surface area contributed by atoms with E-state index in [0.29, 0.717) is 20.9 Å².